The van der Waals surface area contributed by atoms with E-state index < -0.39 is 5.97 Å². The van der Waals surface area contributed by atoms with Crippen LogP contribution >= 0.6 is 0 Å². The first-order chi connectivity index (χ1) is 7.52. The van der Waals surface area contributed by atoms with Gasteiger partial charge in [-0.15, -0.1) is 0 Å². The zero-order chi connectivity index (χ0) is 11.9. The number of nitrogen functional groups attached to an aromatic ring is 1. The molecule has 0 aliphatic rings. The molecule has 0 radical (unpaired) electrons. The van der Waals surface area contributed by atoms with Crippen molar-refractivity contribution in [3.8, 4) is 0 Å². The predicted molar refractivity (Wildman–Crippen MR) is 62.6 cm³/mol. The number of aryl methyl sites for hydroxylation is 2. The van der Waals surface area contributed by atoms with Crippen LogP contribution in [0.3, 0.4) is 0 Å². The van der Waals surface area contributed by atoms with Gasteiger partial charge in [0.1, 0.15) is 5.56 Å². The Morgan fingerprint density at radius 3 is 2.56 bits per heavy atom. The molecule has 2 aromatic rings. The third-order valence-electron chi connectivity index (χ3n) is 2.70. The summed E-state index contributed by atoms with van der Waals surface area (Å²) >= 11 is 0. The standard InChI is InChI=1S/C12H12N2O2/c1-6-3-4-7(2)11-9(6)10(13)8(5-14-11)12(15)16/h3-5H,1-2H3,(H2,13,14)(H,15,16). The molecule has 0 fully saturated rings. The topological polar surface area (TPSA) is 76.2 Å². The Bertz CT molecular complexity index is 591. The number of benzene rings is 1. The van der Waals surface area contributed by atoms with Gasteiger partial charge in [0.2, 0.25) is 0 Å². The average Bonchev–Trinajstić information content (AvgIpc) is 2.23. The van der Waals surface area contributed by atoms with Gasteiger partial charge >= 0.3 is 5.97 Å². The van der Waals surface area contributed by atoms with Crippen LogP contribution in [0, 0.1) is 13.8 Å². The minimum absolute atomic E-state index is 0.0567. The molecule has 1 aromatic carbocycles. The fourth-order valence-corrected chi connectivity index (χ4v) is 1.81. The summed E-state index contributed by atoms with van der Waals surface area (Å²) in [6.07, 6.45) is 1.31. The fraction of sp³-hybridized carbons (Fsp3) is 0.167. The molecule has 16 heavy (non-hydrogen) atoms. The van der Waals surface area contributed by atoms with Crippen molar-refractivity contribution in [1.82, 2.24) is 4.98 Å². The van der Waals surface area contributed by atoms with Crippen LogP contribution in [0.2, 0.25) is 0 Å². The van der Waals surface area contributed by atoms with E-state index in [0.717, 1.165) is 22.0 Å². The maximum atomic E-state index is 10.9. The van der Waals surface area contributed by atoms with E-state index in [9.17, 15) is 4.79 Å². The number of carbonyl (C=O) groups is 1. The second-order valence-corrected chi connectivity index (χ2v) is 3.81. The molecule has 82 valence electrons. The second kappa shape index (κ2) is 3.48. The number of anilines is 1. The third-order valence-corrected chi connectivity index (χ3v) is 2.70. The number of aromatic carboxylic acids is 1. The number of hydrogen-bond donors (Lipinski definition) is 2. The SMILES string of the molecule is Cc1ccc(C)c2c(N)c(C(=O)O)cnc12. The van der Waals surface area contributed by atoms with E-state index in [-0.39, 0.29) is 5.56 Å². The van der Waals surface area contributed by atoms with Crippen molar-refractivity contribution < 1.29 is 9.90 Å². The van der Waals surface area contributed by atoms with Crippen molar-refractivity contribution >= 4 is 22.6 Å². The maximum Gasteiger partial charge on any atom is 0.339 e. The molecule has 2 rings (SSSR count). The van der Waals surface area contributed by atoms with Gasteiger partial charge in [0.25, 0.3) is 0 Å². The van der Waals surface area contributed by atoms with Crippen LogP contribution in [0.15, 0.2) is 18.3 Å². The quantitative estimate of drug-likeness (QED) is 0.765. The first-order valence-corrected chi connectivity index (χ1v) is 4.90. The largest absolute Gasteiger partial charge is 0.478 e. The van der Waals surface area contributed by atoms with Crippen LogP contribution in [0.25, 0.3) is 10.9 Å². The summed E-state index contributed by atoms with van der Waals surface area (Å²) < 4.78 is 0. The van der Waals surface area contributed by atoms with Gasteiger partial charge < -0.3 is 10.8 Å². The number of carboxylic acids is 1. The number of fused-ring (bicyclic) bond motifs is 1. The molecule has 4 nitrogen and oxygen atoms in total. The number of aromatic nitrogens is 1. The van der Waals surface area contributed by atoms with Gasteiger partial charge in [-0.3, -0.25) is 4.98 Å². The number of carboxylic acid groups (broad SMARTS) is 1. The van der Waals surface area contributed by atoms with E-state index in [1.807, 2.05) is 26.0 Å². The van der Waals surface area contributed by atoms with Gasteiger partial charge in [0.15, 0.2) is 0 Å². The van der Waals surface area contributed by atoms with Gasteiger partial charge in [-0.25, -0.2) is 4.79 Å². The number of rotatable bonds is 1. The predicted octanol–water partition coefficient (Wildman–Crippen LogP) is 2.13. The number of nitrogens with two attached hydrogens (primary N) is 1. The minimum Gasteiger partial charge on any atom is -0.478 e. The molecule has 0 aliphatic heterocycles. The molecule has 1 aromatic heterocycles. The van der Waals surface area contributed by atoms with Gasteiger partial charge in [0.05, 0.1) is 11.2 Å². The van der Waals surface area contributed by atoms with Crippen molar-refractivity contribution in [3.05, 3.63) is 35.0 Å². The Morgan fingerprint density at radius 2 is 1.94 bits per heavy atom. The van der Waals surface area contributed by atoms with Crippen molar-refractivity contribution in [2.24, 2.45) is 0 Å². The minimum atomic E-state index is -1.05. The summed E-state index contributed by atoms with van der Waals surface area (Å²) in [6, 6.07) is 3.87. The first-order valence-electron chi connectivity index (χ1n) is 4.90. The van der Waals surface area contributed by atoms with Crippen LogP contribution in [-0.4, -0.2) is 16.1 Å². The Hall–Kier alpha value is -2.10. The molecule has 0 bridgehead atoms. The van der Waals surface area contributed by atoms with E-state index in [1.165, 1.54) is 6.20 Å². The lowest BCUT2D eigenvalue weighted by Crippen LogP contribution is -2.05. The highest BCUT2D eigenvalue weighted by molar-refractivity contribution is 6.05. The Labute approximate surface area is 92.7 Å². The normalized spacial score (nSPS) is 10.6. The summed E-state index contributed by atoms with van der Waals surface area (Å²) in [7, 11) is 0. The lowest BCUT2D eigenvalue weighted by molar-refractivity contribution is 0.0698. The van der Waals surface area contributed by atoms with Crippen molar-refractivity contribution in [2.75, 3.05) is 5.73 Å². The number of nitrogens with zero attached hydrogens (tertiary/aromatic N) is 1. The molecule has 0 saturated carbocycles. The highest BCUT2D eigenvalue weighted by atomic mass is 16.4. The van der Waals surface area contributed by atoms with E-state index in [4.69, 9.17) is 10.8 Å². The van der Waals surface area contributed by atoms with Crippen LogP contribution in [-0.2, 0) is 0 Å². The second-order valence-electron chi connectivity index (χ2n) is 3.81. The Kier molecular flexibility index (Phi) is 2.27. The van der Waals surface area contributed by atoms with Crippen LogP contribution in [0.4, 0.5) is 5.69 Å². The van der Waals surface area contributed by atoms with Gasteiger partial charge in [0, 0.05) is 11.6 Å². The number of hydrogen-bond acceptors (Lipinski definition) is 3. The van der Waals surface area contributed by atoms with Crippen molar-refractivity contribution in [2.45, 2.75) is 13.8 Å². The molecule has 0 unspecified atom stereocenters. The fourth-order valence-electron chi connectivity index (χ4n) is 1.81. The summed E-state index contributed by atoms with van der Waals surface area (Å²) in [5.74, 6) is -1.05. The molecule has 0 saturated heterocycles. The smallest absolute Gasteiger partial charge is 0.339 e. The van der Waals surface area contributed by atoms with Crippen molar-refractivity contribution in [1.29, 1.82) is 0 Å². The van der Waals surface area contributed by atoms with Gasteiger partial charge in [-0.1, -0.05) is 12.1 Å². The molecule has 4 heteroatoms. The lowest BCUT2D eigenvalue weighted by atomic mass is 10.0. The Balaban J connectivity index is 2.94. The third kappa shape index (κ3) is 1.39. The zero-order valence-corrected chi connectivity index (χ0v) is 9.11. The summed E-state index contributed by atoms with van der Waals surface area (Å²) in [5.41, 5.74) is 8.91. The van der Waals surface area contributed by atoms with E-state index in [2.05, 4.69) is 4.98 Å². The van der Waals surface area contributed by atoms with Crippen LogP contribution in [0.1, 0.15) is 21.5 Å². The average molecular weight is 216 g/mol. The molecule has 0 spiro atoms. The number of pyridine rings is 1. The highest BCUT2D eigenvalue weighted by Gasteiger charge is 2.14. The van der Waals surface area contributed by atoms with E-state index in [1.54, 1.807) is 0 Å². The molecule has 1 heterocycles. The first kappa shape index (κ1) is 10.4. The summed E-state index contributed by atoms with van der Waals surface area (Å²) in [4.78, 5) is 15.1. The van der Waals surface area contributed by atoms with Gasteiger partial charge in [-0.05, 0) is 25.0 Å². The molecule has 3 N–H and O–H groups in total. The maximum absolute atomic E-state index is 10.9. The molecular weight excluding hydrogens is 204 g/mol. The molecule has 0 amide bonds. The summed E-state index contributed by atoms with van der Waals surface area (Å²) in [5, 5.41) is 9.70. The summed E-state index contributed by atoms with van der Waals surface area (Å²) in [6.45, 7) is 3.82. The van der Waals surface area contributed by atoms with Gasteiger partial charge in [-0.2, -0.15) is 0 Å². The van der Waals surface area contributed by atoms with E-state index in [0.29, 0.717) is 5.69 Å². The lowest BCUT2D eigenvalue weighted by Gasteiger charge is -2.09. The van der Waals surface area contributed by atoms with Crippen LogP contribution < -0.4 is 5.73 Å². The highest BCUT2D eigenvalue weighted by Crippen LogP contribution is 2.28. The Morgan fingerprint density at radius 1 is 1.31 bits per heavy atom. The van der Waals surface area contributed by atoms with Crippen molar-refractivity contribution in [3.63, 3.8) is 0 Å². The van der Waals surface area contributed by atoms with E-state index >= 15 is 0 Å². The van der Waals surface area contributed by atoms with Crippen LogP contribution in [0.5, 0.6) is 0 Å². The molecule has 0 atom stereocenters. The monoisotopic (exact) mass is 216 g/mol. The zero-order valence-electron chi connectivity index (χ0n) is 9.11. The molecular formula is C12H12N2O2. The molecule has 0 aliphatic carbocycles.